The van der Waals surface area contributed by atoms with E-state index in [0.717, 1.165) is 16.3 Å². The number of hydrogen-bond acceptors (Lipinski definition) is 5. The lowest BCUT2D eigenvalue weighted by atomic mass is 10.0. The summed E-state index contributed by atoms with van der Waals surface area (Å²) < 4.78 is 29.1. The van der Waals surface area contributed by atoms with E-state index in [1.54, 1.807) is 31.2 Å². The van der Waals surface area contributed by atoms with Crippen LogP contribution in [0.5, 0.6) is 0 Å². The average molecular weight is 454 g/mol. The van der Waals surface area contributed by atoms with Gasteiger partial charge in [-0.3, -0.25) is 9.59 Å². The molecule has 0 aliphatic carbocycles. The summed E-state index contributed by atoms with van der Waals surface area (Å²) in [6.45, 7) is 1.72. The van der Waals surface area contributed by atoms with E-state index in [9.17, 15) is 18.0 Å². The molecule has 0 aromatic heterocycles. The number of rotatable bonds is 6. The molecule has 0 heterocycles. The van der Waals surface area contributed by atoms with Crippen LogP contribution in [0.25, 0.3) is 0 Å². The highest BCUT2D eigenvalue weighted by Crippen LogP contribution is 2.23. The number of sulfone groups is 1. The molecule has 6 nitrogen and oxygen atoms in total. The zero-order valence-corrected chi connectivity index (χ0v) is 17.6. The van der Waals surface area contributed by atoms with Crippen LogP contribution in [0.1, 0.15) is 33.9 Å². The lowest BCUT2D eigenvalue weighted by Gasteiger charge is -2.19. The summed E-state index contributed by atoms with van der Waals surface area (Å²) in [5.41, 5.74) is 1.59. The van der Waals surface area contributed by atoms with Crippen LogP contribution in [0.3, 0.4) is 0 Å². The molecule has 0 spiro atoms. The van der Waals surface area contributed by atoms with Crippen molar-refractivity contribution >= 4 is 37.6 Å². The number of methoxy groups -OCH3 is 1. The van der Waals surface area contributed by atoms with Gasteiger partial charge in [0.1, 0.15) is 0 Å². The number of hydrogen-bond donors (Lipinski definition) is 1. The Kier molecular flexibility index (Phi) is 6.78. The van der Waals surface area contributed by atoms with Crippen molar-refractivity contribution in [1.29, 1.82) is 0 Å². The van der Waals surface area contributed by atoms with Crippen LogP contribution in [0.2, 0.25) is 0 Å². The number of ether oxygens (including phenoxy) is 1. The number of carbonyl (C=O) groups is 2. The summed E-state index contributed by atoms with van der Waals surface area (Å²) in [6.07, 6.45) is 1.03. The van der Waals surface area contributed by atoms with Crippen LogP contribution in [-0.2, 0) is 19.4 Å². The van der Waals surface area contributed by atoms with Gasteiger partial charge in [-0.05, 0) is 42.3 Å². The Hall–Kier alpha value is -2.19. The van der Waals surface area contributed by atoms with Crippen LogP contribution in [0.4, 0.5) is 0 Å². The number of nitrogens with one attached hydrogen (secondary N) is 1. The molecule has 27 heavy (non-hydrogen) atoms. The summed E-state index contributed by atoms with van der Waals surface area (Å²) >= 11 is 3.37. The molecule has 0 aliphatic rings. The van der Waals surface area contributed by atoms with E-state index in [4.69, 9.17) is 4.74 Å². The third-order valence-corrected chi connectivity index (χ3v) is 5.64. The smallest absolute Gasteiger partial charge is 0.307 e. The number of halogens is 1. The number of amides is 1. The van der Waals surface area contributed by atoms with Crippen molar-refractivity contribution in [1.82, 2.24) is 5.32 Å². The van der Waals surface area contributed by atoms with E-state index in [2.05, 4.69) is 21.2 Å². The Labute approximate surface area is 167 Å². The van der Waals surface area contributed by atoms with Gasteiger partial charge >= 0.3 is 5.97 Å². The van der Waals surface area contributed by atoms with Gasteiger partial charge in [-0.1, -0.05) is 34.1 Å². The Morgan fingerprint density at radius 2 is 1.89 bits per heavy atom. The quantitative estimate of drug-likeness (QED) is 0.678. The number of benzene rings is 2. The first-order valence-electron chi connectivity index (χ1n) is 8.05. The molecule has 0 saturated heterocycles. The van der Waals surface area contributed by atoms with Crippen molar-refractivity contribution < 1.29 is 22.7 Å². The maximum Gasteiger partial charge on any atom is 0.307 e. The molecule has 0 bridgehead atoms. The lowest BCUT2D eigenvalue weighted by molar-refractivity contribution is -0.141. The lowest BCUT2D eigenvalue weighted by Crippen LogP contribution is -2.31. The topological polar surface area (TPSA) is 89.5 Å². The Bertz CT molecular complexity index is 972. The molecular formula is C19H20BrNO5S. The fraction of sp³-hybridized carbons (Fsp3) is 0.263. The molecule has 0 radical (unpaired) electrons. The first-order chi connectivity index (χ1) is 12.6. The molecule has 2 aromatic carbocycles. The largest absolute Gasteiger partial charge is 0.469 e. The van der Waals surface area contributed by atoms with Gasteiger partial charge in [0.25, 0.3) is 5.91 Å². The Morgan fingerprint density at radius 1 is 1.19 bits per heavy atom. The van der Waals surface area contributed by atoms with Crippen LogP contribution in [0, 0.1) is 6.92 Å². The third kappa shape index (κ3) is 5.64. The van der Waals surface area contributed by atoms with Crippen molar-refractivity contribution in [3.8, 4) is 0 Å². The molecule has 0 fully saturated rings. The van der Waals surface area contributed by atoms with Gasteiger partial charge in [0, 0.05) is 16.3 Å². The average Bonchev–Trinajstić information content (AvgIpc) is 2.60. The second-order valence-corrected chi connectivity index (χ2v) is 9.04. The van der Waals surface area contributed by atoms with Gasteiger partial charge in [0.2, 0.25) is 0 Å². The first-order valence-corrected chi connectivity index (χ1v) is 10.7. The minimum absolute atomic E-state index is 0.0521. The molecule has 2 aromatic rings. The van der Waals surface area contributed by atoms with E-state index in [1.807, 2.05) is 6.07 Å². The molecule has 144 valence electrons. The van der Waals surface area contributed by atoms with Crippen molar-refractivity contribution in [3.63, 3.8) is 0 Å². The second kappa shape index (κ2) is 8.67. The van der Waals surface area contributed by atoms with Gasteiger partial charge < -0.3 is 10.1 Å². The summed E-state index contributed by atoms with van der Waals surface area (Å²) in [4.78, 5) is 24.7. The highest BCUT2D eigenvalue weighted by Gasteiger charge is 2.22. The maximum atomic E-state index is 12.8. The molecular weight excluding hydrogens is 434 g/mol. The summed E-state index contributed by atoms with van der Waals surface area (Å²) in [5.74, 6) is -0.936. The summed E-state index contributed by atoms with van der Waals surface area (Å²) in [5, 5.41) is 2.81. The van der Waals surface area contributed by atoms with Crippen LogP contribution in [0.15, 0.2) is 51.8 Å². The normalized spacial score (nSPS) is 12.3. The van der Waals surface area contributed by atoms with E-state index in [0.29, 0.717) is 5.56 Å². The third-order valence-electron chi connectivity index (χ3n) is 4.04. The van der Waals surface area contributed by atoms with Crippen LogP contribution >= 0.6 is 15.9 Å². The molecule has 8 heteroatoms. The highest BCUT2D eigenvalue weighted by atomic mass is 79.9. The fourth-order valence-corrected chi connectivity index (χ4v) is 3.60. The maximum absolute atomic E-state index is 12.8. The minimum Gasteiger partial charge on any atom is -0.469 e. The van der Waals surface area contributed by atoms with E-state index in [1.165, 1.54) is 19.2 Å². The summed E-state index contributed by atoms with van der Waals surface area (Å²) in [7, 11) is -2.17. The van der Waals surface area contributed by atoms with Gasteiger partial charge in [-0.2, -0.15) is 0 Å². The van der Waals surface area contributed by atoms with Crippen molar-refractivity contribution in [3.05, 3.63) is 63.6 Å². The SMILES string of the molecule is COC(=O)CC(NC(=O)c1cc(S(C)(=O)=O)ccc1C)c1cccc(Br)c1. The molecule has 2 rings (SSSR count). The van der Waals surface area contributed by atoms with Crippen molar-refractivity contribution in [2.45, 2.75) is 24.3 Å². The Balaban J connectivity index is 2.37. The predicted octanol–water partition coefficient (Wildman–Crippen LogP) is 3.20. The predicted molar refractivity (Wildman–Crippen MR) is 105 cm³/mol. The van der Waals surface area contributed by atoms with Crippen LogP contribution < -0.4 is 5.32 Å². The first kappa shape index (κ1) is 21.1. The van der Waals surface area contributed by atoms with Gasteiger partial charge in [0.05, 0.1) is 24.5 Å². The van der Waals surface area contributed by atoms with E-state index >= 15 is 0 Å². The van der Waals surface area contributed by atoms with E-state index < -0.39 is 27.8 Å². The van der Waals surface area contributed by atoms with Gasteiger partial charge in [-0.25, -0.2) is 8.42 Å². The van der Waals surface area contributed by atoms with Gasteiger partial charge in [-0.15, -0.1) is 0 Å². The standard InChI is InChI=1S/C19H20BrNO5S/c1-12-7-8-15(27(3,24)25)10-16(12)19(23)21-17(11-18(22)26-2)13-5-4-6-14(20)9-13/h4-10,17H,11H2,1-3H3,(H,21,23). The summed E-state index contributed by atoms with van der Waals surface area (Å²) in [6, 6.07) is 11.0. The van der Waals surface area contributed by atoms with E-state index in [-0.39, 0.29) is 16.9 Å². The van der Waals surface area contributed by atoms with Crippen LogP contribution in [-0.4, -0.2) is 33.7 Å². The van der Waals surface area contributed by atoms with Crippen molar-refractivity contribution in [2.24, 2.45) is 0 Å². The number of esters is 1. The highest BCUT2D eigenvalue weighted by molar-refractivity contribution is 9.10. The molecule has 1 N–H and O–H groups in total. The van der Waals surface area contributed by atoms with Gasteiger partial charge in [0.15, 0.2) is 9.84 Å². The minimum atomic E-state index is -3.45. The fourth-order valence-electron chi connectivity index (χ4n) is 2.54. The molecule has 1 atom stereocenters. The zero-order chi connectivity index (χ0) is 20.2. The molecule has 0 saturated carbocycles. The second-order valence-electron chi connectivity index (χ2n) is 6.11. The zero-order valence-electron chi connectivity index (χ0n) is 15.2. The monoisotopic (exact) mass is 453 g/mol. The molecule has 1 unspecified atom stereocenters. The number of aryl methyl sites for hydroxylation is 1. The molecule has 0 aliphatic heterocycles. The van der Waals surface area contributed by atoms with Crippen molar-refractivity contribution in [2.75, 3.05) is 13.4 Å². The Morgan fingerprint density at radius 3 is 2.48 bits per heavy atom. The molecule has 1 amide bonds. The number of carbonyl (C=O) groups excluding carboxylic acids is 2.